The Bertz CT molecular complexity index is 620. The molecule has 1 N–H and O–H groups in total. The van der Waals surface area contributed by atoms with Crippen LogP contribution in [0.5, 0.6) is 0 Å². The minimum atomic E-state index is 0.401. The van der Waals surface area contributed by atoms with Crippen molar-refractivity contribution in [3.63, 3.8) is 0 Å². The van der Waals surface area contributed by atoms with E-state index in [2.05, 4.69) is 53.0 Å². The van der Waals surface area contributed by atoms with E-state index < -0.39 is 0 Å². The molecule has 0 amide bonds. The van der Waals surface area contributed by atoms with Crippen LogP contribution in [0.15, 0.2) is 24.3 Å². The van der Waals surface area contributed by atoms with Crippen molar-refractivity contribution in [2.75, 3.05) is 26.2 Å². The number of likely N-dealkylation sites (tertiary alicyclic amines) is 1. The van der Waals surface area contributed by atoms with Crippen LogP contribution in [0.3, 0.4) is 0 Å². The number of hydrogen-bond acceptors (Lipinski definition) is 3. The predicted octanol–water partition coefficient (Wildman–Crippen LogP) is 1.79. The smallest absolute Gasteiger partial charge is 0.126 e. The number of benzene rings is 1. The summed E-state index contributed by atoms with van der Waals surface area (Å²) in [7, 11) is 2.14. The first-order chi connectivity index (χ1) is 9.74. The number of fused-ring (bicyclic) bond motifs is 2. The third kappa shape index (κ3) is 1.79. The maximum absolute atomic E-state index is 4.86. The van der Waals surface area contributed by atoms with Crippen LogP contribution in [-0.2, 0) is 7.05 Å². The molecular formula is C16H22N4. The lowest BCUT2D eigenvalue weighted by Crippen LogP contribution is -2.29. The molecule has 3 heterocycles. The van der Waals surface area contributed by atoms with E-state index in [0.29, 0.717) is 6.04 Å². The molecule has 20 heavy (non-hydrogen) atoms. The molecule has 1 unspecified atom stereocenters. The number of hydrogen-bond donors (Lipinski definition) is 1. The molecule has 4 heteroatoms. The van der Waals surface area contributed by atoms with Crippen molar-refractivity contribution in [2.24, 2.45) is 18.9 Å². The molecule has 2 fully saturated rings. The molecule has 4 nitrogen and oxygen atoms in total. The van der Waals surface area contributed by atoms with E-state index in [9.17, 15) is 0 Å². The number of aryl methyl sites for hydroxylation is 1. The Labute approximate surface area is 119 Å². The second kappa shape index (κ2) is 4.57. The minimum absolute atomic E-state index is 0.401. The van der Waals surface area contributed by atoms with Crippen LogP contribution in [-0.4, -0.2) is 40.6 Å². The van der Waals surface area contributed by atoms with Gasteiger partial charge in [0.15, 0.2) is 0 Å². The highest BCUT2D eigenvalue weighted by Gasteiger charge is 2.38. The van der Waals surface area contributed by atoms with Gasteiger partial charge in [0, 0.05) is 20.1 Å². The van der Waals surface area contributed by atoms with Crippen molar-refractivity contribution in [2.45, 2.75) is 13.0 Å². The third-order valence-electron chi connectivity index (χ3n) is 5.16. The third-order valence-corrected chi connectivity index (χ3v) is 5.16. The standard InChI is InChI=1S/C16H22N4/c1-11(20-9-12-7-17-8-13(12)10-20)16-18-14-5-3-4-6-15(14)19(16)2/h3-6,11-13,17H,7-10H2,1-2H3/t11?,12-,13+. The average Bonchev–Trinajstić information content (AvgIpc) is 3.11. The summed E-state index contributed by atoms with van der Waals surface area (Å²) in [6.07, 6.45) is 0. The first-order valence-corrected chi connectivity index (χ1v) is 7.60. The molecule has 2 aliphatic rings. The van der Waals surface area contributed by atoms with Gasteiger partial charge in [-0.3, -0.25) is 4.90 Å². The van der Waals surface area contributed by atoms with Crippen LogP contribution >= 0.6 is 0 Å². The van der Waals surface area contributed by atoms with Crippen molar-refractivity contribution >= 4 is 11.0 Å². The van der Waals surface area contributed by atoms with Gasteiger partial charge < -0.3 is 9.88 Å². The SMILES string of the molecule is CC(c1nc2ccccc2n1C)N1C[C@H]2CNC[C@H]2C1. The summed E-state index contributed by atoms with van der Waals surface area (Å²) in [4.78, 5) is 7.46. The molecule has 3 atom stereocenters. The van der Waals surface area contributed by atoms with Gasteiger partial charge in [-0.25, -0.2) is 4.98 Å². The van der Waals surface area contributed by atoms with Crippen LogP contribution in [0, 0.1) is 11.8 Å². The highest BCUT2D eigenvalue weighted by atomic mass is 15.2. The van der Waals surface area contributed by atoms with Gasteiger partial charge >= 0.3 is 0 Å². The fraction of sp³-hybridized carbons (Fsp3) is 0.562. The van der Waals surface area contributed by atoms with E-state index in [1.807, 2.05) is 0 Å². The Balaban J connectivity index is 1.64. The van der Waals surface area contributed by atoms with E-state index >= 15 is 0 Å². The highest BCUT2D eigenvalue weighted by Crippen LogP contribution is 2.33. The average molecular weight is 270 g/mol. The lowest BCUT2D eigenvalue weighted by molar-refractivity contribution is 0.232. The van der Waals surface area contributed by atoms with E-state index in [1.54, 1.807) is 0 Å². The van der Waals surface area contributed by atoms with Gasteiger partial charge in [-0.2, -0.15) is 0 Å². The van der Waals surface area contributed by atoms with Crippen molar-refractivity contribution in [3.8, 4) is 0 Å². The van der Waals surface area contributed by atoms with E-state index in [1.165, 1.54) is 37.5 Å². The summed E-state index contributed by atoms with van der Waals surface area (Å²) in [6, 6.07) is 8.81. The fourth-order valence-electron chi connectivity index (χ4n) is 3.91. The Hall–Kier alpha value is -1.39. The van der Waals surface area contributed by atoms with Gasteiger partial charge in [0.05, 0.1) is 17.1 Å². The molecular weight excluding hydrogens is 248 g/mol. The molecule has 0 bridgehead atoms. The number of rotatable bonds is 2. The molecule has 1 aromatic carbocycles. The van der Waals surface area contributed by atoms with Crippen LogP contribution in [0.25, 0.3) is 11.0 Å². The van der Waals surface area contributed by atoms with Crippen LogP contribution in [0.2, 0.25) is 0 Å². The molecule has 0 radical (unpaired) electrons. The Morgan fingerprint density at radius 1 is 1.20 bits per heavy atom. The summed E-state index contributed by atoms with van der Waals surface area (Å²) in [5.74, 6) is 2.87. The number of nitrogens with zero attached hydrogens (tertiary/aromatic N) is 3. The molecule has 4 rings (SSSR count). The zero-order valence-corrected chi connectivity index (χ0v) is 12.2. The van der Waals surface area contributed by atoms with Crippen molar-refractivity contribution in [1.29, 1.82) is 0 Å². The molecule has 2 aromatic rings. The van der Waals surface area contributed by atoms with E-state index in [-0.39, 0.29) is 0 Å². The summed E-state index contributed by atoms with van der Waals surface area (Å²) < 4.78 is 2.26. The van der Waals surface area contributed by atoms with Gasteiger partial charge in [-0.15, -0.1) is 0 Å². The zero-order chi connectivity index (χ0) is 13.7. The Morgan fingerprint density at radius 3 is 2.60 bits per heavy atom. The molecule has 2 saturated heterocycles. The van der Waals surface area contributed by atoms with E-state index in [4.69, 9.17) is 4.98 Å². The first-order valence-electron chi connectivity index (χ1n) is 7.60. The molecule has 2 aliphatic heterocycles. The molecule has 0 aliphatic carbocycles. The normalized spacial score (nSPS) is 28.1. The zero-order valence-electron chi connectivity index (χ0n) is 12.2. The monoisotopic (exact) mass is 270 g/mol. The fourth-order valence-corrected chi connectivity index (χ4v) is 3.91. The topological polar surface area (TPSA) is 33.1 Å². The van der Waals surface area contributed by atoms with Crippen LogP contribution in [0.1, 0.15) is 18.8 Å². The van der Waals surface area contributed by atoms with Crippen molar-refractivity contribution < 1.29 is 0 Å². The van der Waals surface area contributed by atoms with Gasteiger partial charge in [-0.05, 0) is 44.0 Å². The van der Waals surface area contributed by atoms with Crippen molar-refractivity contribution in [3.05, 3.63) is 30.1 Å². The largest absolute Gasteiger partial charge is 0.330 e. The van der Waals surface area contributed by atoms with Gasteiger partial charge in [0.1, 0.15) is 5.82 Å². The lowest BCUT2D eigenvalue weighted by atomic mass is 10.0. The van der Waals surface area contributed by atoms with Crippen LogP contribution in [0.4, 0.5) is 0 Å². The maximum Gasteiger partial charge on any atom is 0.126 e. The molecule has 0 saturated carbocycles. The number of imidazole rings is 1. The van der Waals surface area contributed by atoms with Crippen molar-refractivity contribution in [1.82, 2.24) is 19.8 Å². The minimum Gasteiger partial charge on any atom is -0.330 e. The first kappa shape index (κ1) is 12.4. The summed E-state index contributed by atoms with van der Waals surface area (Å²) in [5.41, 5.74) is 2.34. The highest BCUT2D eigenvalue weighted by molar-refractivity contribution is 5.75. The Morgan fingerprint density at radius 2 is 1.90 bits per heavy atom. The van der Waals surface area contributed by atoms with Gasteiger partial charge in [0.2, 0.25) is 0 Å². The number of aromatic nitrogens is 2. The number of para-hydroxylation sites is 2. The summed E-state index contributed by atoms with van der Waals surface area (Å²) in [6.45, 7) is 7.10. The maximum atomic E-state index is 4.86. The Kier molecular flexibility index (Phi) is 2.82. The lowest BCUT2D eigenvalue weighted by Gasteiger charge is -2.24. The van der Waals surface area contributed by atoms with E-state index in [0.717, 1.165) is 17.4 Å². The summed E-state index contributed by atoms with van der Waals surface area (Å²) >= 11 is 0. The van der Waals surface area contributed by atoms with Gasteiger partial charge in [0.25, 0.3) is 0 Å². The molecule has 1 aromatic heterocycles. The van der Waals surface area contributed by atoms with Gasteiger partial charge in [-0.1, -0.05) is 12.1 Å². The molecule has 0 spiro atoms. The van der Waals surface area contributed by atoms with Crippen LogP contribution < -0.4 is 5.32 Å². The quantitative estimate of drug-likeness (QED) is 0.903. The second-order valence-electron chi connectivity index (χ2n) is 6.33. The molecule has 106 valence electrons. The number of nitrogens with one attached hydrogen (secondary N) is 1. The second-order valence-corrected chi connectivity index (χ2v) is 6.33. The predicted molar refractivity (Wildman–Crippen MR) is 80.6 cm³/mol. The summed E-state index contributed by atoms with van der Waals surface area (Å²) in [5, 5.41) is 3.51.